The molecule has 1 heterocycles. The average Bonchev–Trinajstić information content (AvgIpc) is 2.83. The molecule has 4 heteroatoms. The lowest BCUT2D eigenvalue weighted by atomic mass is 9.62. The van der Waals surface area contributed by atoms with E-state index in [4.69, 9.17) is 5.84 Å². The summed E-state index contributed by atoms with van der Waals surface area (Å²) in [6.07, 6.45) is 8.22. The molecule has 96 valence electrons. The molecule has 3 fully saturated rings. The molecule has 0 radical (unpaired) electrons. The van der Waals surface area contributed by atoms with Gasteiger partial charge in [-0.2, -0.15) is 10.5 Å². The Morgan fingerprint density at radius 1 is 0.944 bits per heavy atom. The van der Waals surface area contributed by atoms with Crippen molar-refractivity contribution < 1.29 is 0 Å². The highest BCUT2D eigenvalue weighted by atomic mass is 15.5. The topological polar surface area (TPSA) is 76.8 Å². The first-order valence-corrected chi connectivity index (χ1v) is 7.07. The normalized spacial score (nSPS) is 47.7. The van der Waals surface area contributed by atoms with Gasteiger partial charge in [0.25, 0.3) is 0 Å². The van der Waals surface area contributed by atoms with Crippen LogP contribution in [0.1, 0.15) is 51.4 Å². The largest absolute Gasteiger partial charge is 0.266 e. The molecule has 18 heavy (non-hydrogen) atoms. The zero-order valence-electron chi connectivity index (χ0n) is 10.7. The highest BCUT2D eigenvalue weighted by Crippen LogP contribution is 2.55. The van der Waals surface area contributed by atoms with Gasteiger partial charge in [-0.3, -0.25) is 5.84 Å². The highest BCUT2D eigenvalue weighted by molar-refractivity contribution is 5.26. The van der Waals surface area contributed by atoms with Crippen LogP contribution in [0.25, 0.3) is 0 Å². The molecule has 1 aliphatic heterocycles. The summed E-state index contributed by atoms with van der Waals surface area (Å²) in [6.45, 7) is 0. The molecule has 0 spiro atoms. The predicted octanol–water partition coefficient (Wildman–Crippen LogP) is 2.08. The Bertz CT molecular complexity index is 434. The van der Waals surface area contributed by atoms with Gasteiger partial charge in [-0.1, -0.05) is 19.3 Å². The van der Waals surface area contributed by atoms with Crippen LogP contribution in [0.2, 0.25) is 0 Å². The number of nitrogens with two attached hydrogens (primary N) is 1. The molecule has 2 aliphatic carbocycles. The van der Waals surface area contributed by atoms with E-state index in [1.54, 1.807) is 5.01 Å². The van der Waals surface area contributed by atoms with Gasteiger partial charge in [0.1, 0.15) is 11.1 Å². The van der Waals surface area contributed by atoms with Crippen LogP contribution in [-0.4, -0.2) is 16.1 Å². The Morgan fingerprint density at radius 3 is 2.11 bits per heavy atom. The van der Waals surface area contributed by atoms with Gasteiger partial charge in [0.05, 0.1) is 12.1 Å². The van der Waals surface area contributed by atoms with E-state index in [0.717, 1.165) is 44.9 Å². The molecule has 0 unspecified atom stereocenters. The maximum atomic E-state index is 9.70. The van der Waals surface area contributed by atoms with Crippen LogP contribution < -0.4 is 5.84 Å². The summed E-state index contributed by atoms with van der Waals surface area (Å²) in [5.74, 6) is 7.09. The minimum Gasteiger partial charge on any atom is -0.266 e. The molecule has 0 aromatic heterocycles. The Hall–Kier alpha value is -1.10. The van der Waals surface area contributed by atoms with Gasteiger partial charge in [0.15, 0.2) is 0 Å². The number of hydrazine groups is 1. The number of nitriles is 2. The Kier molecular flexibility index (Phi) is 2.62. The zero-order chi connectivity index (χ0) is 12.8. The van der Waals surface area contributed by atoms with Crippen molar-refractivity contribution in [1.82, 2.24) is 5.01 Å². The number of hydrogen-bond acceptors (Lipinski definition) is 4. The third kappa shape index (κ3) is 1.25. The Morgan fingerprint density at radius 2 is 1.50 bits per heavy atom. The molecule has 0 aromatic rings. The van der Waals surface area contributed by atoms with Gasteiger partial charge in [0.2, 0.25) is 0 Å². The smallest absolute Gasteiger partial charge is 0.126 e. The molecule has 4 atom stereocenters. The molecular formula is C14H20N4. The lowest BCUT2D eigenvalue weighted by molar-refractivity contribution is -0.0864. The highest BCUT2D eigenvalue weighted by Gasteiger charge is 2.62. The number of rotatable bonds is 0. The maximum Gasteiger partial charge on any atom is 0.126 e. The van der Waals surface area contributed by atoms with Crippen LogP contribution in [0.5, 0.6) is 0 Å². The van der Waals surface area contributed by atoms with Crippen LogP contribution in [0.4, 0.5) is 0 Å². The average molecular weight is 244 g/mol. The van der Waals surface area contributed by atoms with E-state index in [-0.39, 0.29) is 0 Å². The van der Waals surface area contributed by atoms with Crippen molar-refractivity contribution >= 4 is 0 Å². The first-order chi connectivity index (χ1) is 8.69. The van der Waals surface area contributed by atoms with Gasteiger partial charge >= 0.3 is 0 Å². The van der Waals surface area contributed by atoms with Crippen LogP contribution in [0.3, 0.4) is 0 Å². The summed E-state index contributed by atoms with van der Waals surface area (Å²) >= 11 is 0. The number of piperidine rings is 1. The Labute approximate surface area is 108 Å². The molecule has 0 amide bonds. The molecule has 0 aromatic carbocycles. The van der Waals surface area contributed by atoms with E-state index in [2.05, 4.69) is 12.1 Å². The quantitative estimate of drug-likeness (QED) is 0.662. The predicted molar refractivity (Wildman–Crippen MR) is 66.6 cm³/mol. The fraction of sp³-hybridized carbons (Fsp3) is 0.857. The summed E-state index contributed by atoms with van der Waals surface area (Å²) in [7, 11) is 0. The molecule has 1 saturated heterocycles. The van der Waals surface area contributed by atoms with E-state index >= 15 is 0 Å². The monoisotopic (exact) mass is 244 g/mol. The standard InChI is InChI=1S/C14H20N4/c15-9-13-6-2-1-4-11(13)8-12-5-3-7-14(12,10-16)18(13)17/h11-12H,1-8,17H2/t11-,12-,13+,14+/m0/s1. The first-order valence-electron chi connectivity index (χ1n) is 7.07. The van der Waals surface area contributed by atoms with E-state index in [9.17, 15) is 10.5 Å². The third-order valence-electron chi connectivity index (χ3n) is 5.64. The Balaban J connectivity index is 2.05. The van der Waals surface area contributed by atoms with Crippen molar-refractivity contribution in [3.05, 3.63) is 0 Å². The first kappa shape index (κ1) is 12.0. The van der Waals surface area contributed by atoms with E-state index in [1.807, 2.05) is 0 Å². The van der Waals surface area contributed by atoms with E-state index < -0.39 is 11.1 Å². The second kappa shape index (κ2) is 3.95. The van der Waals surface area contributed by atoms with E-state index in [0.29, 0.717) is 11.8 Å². The van der Waals surface area contributed by atoms with Gasteiger partial charge in [-0.25, -0.2) is 5.01 Å². The molecule has 2 saturated carbocycles. The van der Waals surface area contributed by atoms with Gasteiger partial charge in [-0.05, 0) is 43.9 Å². The van der Waals surface area contributed by atoms with Crippen molar-refractivity contribution in [2.24, 2.45) is 17.7 Å². The molecule has 2 N–H and O–H groups in total. The van der Waals surface area contributed by atoms with Crippen molar-refractivity contribution in [3.63, 3.8) is 0 Å². The second-order valence-electron chi connectivity index (χ2n) is 6.21. The summed E-state index contributed by atoms with van der Waals surface area (Å²) in [5, 5.41) is 21.0. The molecule has 0 bridgehead atoms. The van der Waals surface area contributed by atoms with Crippen LogP contribution >= 0.6 is 0 Å². The van der Waals surface area contributed by atoms with Crippen LogP contribution in [0.15, 0.2) is 0 Å². The van der Waals surface area contributed by atoms with Crippen LogP contribution in [0, 0.1) is 34.5 Å². The zero-order valence-corrected chi connectivity index (χ0v) is 10.7. The van der Waals surface area contributed by atoms with Crippen molar-refractivity contribution in [2.75, 3.05) is 0 Å². The SMILES string of the molecule is N#C[C@]12CCCC[C@H]1C[C@@H]1CCC[C@]1(C#N)N2N. The molecule has 3 aliphatic rings. The molecular weight excluding hydrogens is 224 g/mol. The second-order valence-corrected chi connectivity index (χ2v) is 6.21. The summed E-state index contributed by atoms with van der Waals surface area (Å²) in [4.78, 5) is 0. The van der Waals surface area contributed by atoms with Gasteiger partial charge < -0.3 is 0 Å². The van der Waals surface area contributed by atoms with Crippen molar-refractivity contribution in [2.45, 2.75) is 62.4 Å². The summed E-state index contributed by atoms with van der Waals surface area (Å²) in [6, 6.07) is 4.96. The third-order valence-corrected chi connectivity index (χ3v) is 5.64. The maximum absolute atomic E-state index is 9.70. The lowest BCUT2D eigenvalue weighted by Gasteiger charge is -2.56. The minimum atomic E-state index is -0.575. The van der Waals surface area contributed by atoms with Gasteiger partial charge in [-0.15, -0.1) is 0 Å². The van der Waals surface area contributed by atoms with Gasteiger partial charge in [0, 0.05) is 0 Å². The summed E-state index contributed by atoms with van der Waals surface area (Å²) in [5.41, 5.74) is -1.14. The van der Waals surface area contributed by atoms with E-state index in [1.165, 1.54) is 6.42 Å². The lowest BCUT2D eigenvalue weighted by Crippen LogP contribution is -2.71. The van der Waals surface area contributed by atoms with Crippen molar-refractivity contribution in [1.29, 1.82) is 10.5 Å². The van der Waals surface area contributed by atoms with Crippen molar-refractivity contribution in [3.8, 4) is 12.1 Å². The fourth-order valence-corrected chi connectivity index (χ4v) is 4.65. The number of fused-ring (bicyclic) bond motifs is 2. The summed E-state index contributed by atoms with van der Waals surface area (Å²) < 4.78 is 0. The minimum absolute atomic E-state index is 0.367. The fourth-order valence-electron chi connectivity index (χ4n) is 4.65. The molecule has 3 rings (SSSR count). The number of hydrogen-bond donors (Lipinski definition) is 1. The molecule has 4 nitrogen and oxygen atoms in total. The van der Waals surface area contributed by atoms with Crippen LogP contribution in [-0.2, 0) is 0 Å². The number of nitrogens with zero attached hydrogens (tertiary/aromatic N) is 3.